The second-order valence-corrected chi connectivity index (χ2v) is 17.2. The van der Waals surface area contributed by atoms with E-state index in [0.29, 0.717) is 49.0 Å². The van der Waals surface area contributed by atoms with Crippen molar-refractivity contribution in [2.45, 2.75) is 174 Å². The molecular formula is C40H72O7. The maximum Gasteiger partial charge on any atom is 0.104 e. The van der Waals surface area contributed by atoms with E-state index in [9.17, 15) is 5.11 Å². The summed E-state index contributed by atoms with van der Waals surface area (Å²) in [7, 11) is 0. The Bertz CT molecular complexity index is 858. The molecule has 274 valence electrons. The fourth-order valence-corrected chi connectivity index (χ4v) is 9.93. The number of ether oxygens (including phenoxy) is 6. The molecule has 4 aliphatic carbocycles. The van der Waals surface area contributed by atoms with E-state index in [4.69, 9.17) is 28.4 Å². The fraction of sp³-hybridized carbons (Fsp3) is 1.00. The van der Waals surface area contributed by atoms with Crippen LogP contribution in [0.1, 0.15) is 137 Å². The van der Waals surface area contributed by atoms with Crippen LogP contribution in [0.3, 0.4) is 0 Å². The summed E-state index contributed by atoms with van der Waals surface area (Å²) in [6.45, 7) is 16.8. The van der Waals surface area contributed by atoms with Gasteiger partial charge in [-0.3, -0.25) is 0 Å². The second kappa shape index (κ2) is 18.3. The Kier molecular flexibility index (Phi) is 14.8. The van der Waals surface area contributed by atoms with Crippen LogP contribution in [0.5, 0.6) is 0 Å². The van der Waals surface area contributed by atoms with E-state index in [-0.39, 0.29) is 12.2 Å². The van der Waals surface area contributed by atoms with E-state index in [1.165, 1.54) is 77.0 Å². The van der Waals surface area contributed by atoms with Gasteiger partial charge < -0.3 is 33.5 Å². The van der Waals surface area contributed by atoms with Crippen molar-refractivity contribution in [3.63, 3.8) is 0 Å². The minimum Gasteiger partial charge on any atom is -0.388 e. The molecule has 5 aliphatic rings. The molecule has 0 bridgehead atoms. The molecule has 0 aromatic carbocycles. The molecule has 7 nitrogen and oxygen atoms in total. The second-order valence-electron chi connectivity index (χ2n) is 17.2. The van der Waals surface area contributed by atoms with Crippen LogP contribution in [0.15, 0.2) is 0 Å². The van der Waals surface area contributed by atoms with Gasteiger partial charge in [-0.25, -0.2) is 0 Å². The summed E-state index contributed by atoms with van der Waals surface area (Å²) in [5, 5.41) is 10.7. The first-order valence-electron chi connectivity index (χ1n) is 20.0. The van der Waals surface area contributed by atoms with Gasteiger partial charge in [-0.15, -0.1) is 0 Å². The summed E-state index contributed by atoms with van der Waals surface area (Å²) in [5.74, 6) is 3.09. The zero-order chi connectivity index (χ0) is 33.3. The molecule has 0 spiro atoms. The molecule has 1 heterocycles. The minimum absolute atomic E-state index is 0.276. The van der Waals surface area contributed by atoms with Crippen LogP contribution in [0.25, 0.3) is 0 Å². The monoisotopic (exact) mass is 665 g/mol. The number of aliphatic hydroxyl groups excluding tert-OH is 1. The molecule has 5 fully saturated rings. The average Bonchev–Trinajstić information content (AvgIpc) is 3.93. The van der Waals surface area contributed by atoms with Gasteiger partial charge in [0.25, 0.3) is 0 Å². The van der Waals surface area contributed by atoms with Gasteiger partial charge in [0.2, 0.25) is 0 Å². The predicted octanol–water partition coefficient (Wildman–Crippen LogP) is 8.14. The normalized spacial score (nSPS) is 36.3. The highest BCUT2D eigenvalue weighted by molar-refractivity contribution is 4.92. The van der Waals surface area contributed by atoms with Crippen LogP contribution in [0.4, 0.5) is 0 Å². The molecule has 1 aliphatic heterocycles. The molecule has 0 aromatic heterocycles. The molecule has 7 heteroatoms. The molecule has 0 amide bonds. The minimum atomic E-state index is -0.534. The van der Waals surface area contributed by atoms with Gasteiger partial charge in [0, 0.05) is 6.61 Å². The van der Waals surface area contributed by atoms with Gasteiger partial charge in [-0.1, -0.05) is 27.7 Å². The Hall–Kier alpha value is -0.280. The van der Waals surface area contributed by atoms with Crippen molar-refractivity contribution in [3.05, 3.63) is 0 Å². The van der Waals surface area contributed by atoms with Crippen molar-refractivity contribution in [2.24, 2.45) is 34.5 Å². The number of hydrogen-bond acceptors (Lipinski definition) is 7. The highest BCUT2D eigenvalue weighted by Gasteiger charge is 2.42. The lowest BCUT2D eigenvalue weighted by molar-refractivity contribution is -0.0881. The number of hydrogen-bond donors (Lipinski definition) is 1. The van der Waals surface area contributed by atoms with Gasteiger partial charge in [-0.05, 0) is 144 Å². The molecular weight excluding hydrogens is 592 g/mol. The summed E-state index contributed by atoms with van der Waals surface area (Å²) >= 11 is 0. The fourth-order valence-electron chi connectivity index (χ4n) is 9.93. The Morgan fingerprint density at radius 3 is 1.28 bits per heavy atom. The molecule has 1 N–H and O–H groups in total. The SMILES string of the molecule is CCOCCOC1CCC(C(C)(C)C2CCC(OCC(O)COC3CCC(C(C)(C)C4CCC(OCC5CO5)CC4)CC3)CC2)CC1. The van der Waals surface area contributed by atoms with E-state index in [1.807, 2.05) is 6.92 Å². The van der Waals surface area contributed by atoms with Gasteiger partial charge in [0.1, 0.15) is 12.2 Å². The molecule has 2 unspecified atom stereocenters. The topological polar surface area (TPSA) is 78.9 Å². The molecule has 0 aromatic rings. The van der Waals surface area contributed by atoms with Crippen molar-refractivity contribution in [1.29, 1.82) is 0 Å². The largest absolute Gasteiger partial charge is 0.388 e. The van der Waals surface area contributed by atoms with Crippen LogP contribution in [0.2, 0.25) is 0 Å². The van der Waals surface area contributed by atoms with Crippen LogP contribution in [0, 0.1) is 34.5 Å². The highest BCUT2D eigenvalue weighted by atomic mass is 16.6. The molecule has 4 saturated carbocycles. The highest BCUT2D eigenvalue weighted by Crippen LogP contribution is 2.50. The molecule has 1 saturated heterocycles. The van der Waals surface area contributed by atoms with Crippen molar-refractivity contribution in [2.75, 3.05) is 46.2 Å². The summed E-state index contributed by atoms with van der Waals surface area (Å²) < 4.78 is 35.4. The number of aliphatic hydroxyl groups is 1. The summed E-state index contributed by atoms with van der Waals surface area (Å²) in [5.41, 5.74) is 0.734. The third-order valence-electron chi connectivity index (χ3n) is 13.7. The average molecular weight is 665 g/mol. The summed E-state index contributed by atoms with van der Waals surface area (Å²) in [4.78, 5) is 0. The first kappa shape index (κ1) is 38.0. The van der Waals surface area contributed by atoms with E-state index < -0.39 is 6.10 Å². The number of epoxide rings is 1. The van der Waals surface area contributed by atoms with Crippen molar-refractivity contribution < 1.29 is 33.5 Å². The summed E-state index contributed by atoms with van der Waals surface area (Å²) in [6, 6.07) is 0. The lowest BCUT2D eigenvalue weighted by atomic mass is 9.60. The number of rotatable bonds is 18. The maximum atomic E-state index is 10.7. The van der Waals surface area contributed by atoms with E-state index in [0.717, 1.165) is 75.8 Å². The first-order valence-corrected chi connectivity index (χ1v) is 20.0. The smallest absolute Gasteiger partial charge is 0.104 e. The van der Waals surface area contributed by atoms with Crippen molar-refractivity contribution in [3.8, 4) is 0 Å². The zero-order valence-electron chi connectivity index (χ0n) is 30.9. The summed E-state index contributed by atoms with van der Waals surface area (Å²) in [6.07, 6.45) is 20.6. The Morgan fingerprint density at radius 2 is 0.915 bits per heavy atom. The molecule has 0 radical (unpaired) electrons. The third kappa shape index (κ3) is 11.4. The van der Waals surface area contributed by atoms with Crippen LogP contribution in [-0.2, 0) is 28.4 Å². The van der Waals surface area contributed by atoms with Crippen LogP contribution >= 0.6 is 0 Å². The van der Waals surface area contributed by atoms with Gasteiger partial charge in [-0.2, -0.15) is 0 Å². The maximum absolute atomic E-state index is 10.7. The van der Waals surface area contributed by atoms with Crippen molar-refractivity contribution in [1.82, 2.24) is 0 Å². The van der Waals surface area contributed by atoms with Crippen molar-refractivity contribution >= 4 is 0 Å². The predicted molar refractivity (Wildman–Crippen MR) is 187 cm³/mol. The molecule has 47 heavy (non-hydrogen) atoms. The lowest BCUT2D eigenvalue weighted by Crippen LogP contribution is -2.40. The van der Waals surface area contributed by atoms with Crippen LogP contribution < -0.4 is 0 Å². The molecule has 5 rings (SSSR count). The Labute approximate surface area is 287 Å². The van der Waals surface area contributed by atoms with E-state index in [1.54, 1.807) is 0 Å². The van der Waals surface area contributed by atoms with Gasteiger partial charge in [0.15, 0.2) is 0 Å². The standard InChI is InChI=1S/C40H72O7/c1-6-42-23-24-43-34-15-7-29(8-16-34)39(2,3)30-9-17-35(18-10-30)44-25-33(41)26-45-36-19-11-31(12-20-36)40(4,5)32-13-21-37(22-14-32)46-27-38-28-47-38/h29-38,41H,6-28H2,1-5H3. The molecule has 2 atom stereocenters. The quantitative estimate of drug-likeness (QED) is 0.117. The van der Waals surface area contributed by atoms with Crippen LogP contribution in [-0.4, -0.2) is 88.0 Å². The van der Waals surface area contributed by atoms with E-state index >= 15 is 0 Å². The third-order valence-corrected chi connectivity index (χ3v) is 13.7. The van der Waals surface area contributed by atoms with Gasteiger partial charge in [0.05, 0.1) is 64.1 Å². The van der Waals surface area contributed by atoms with Gasteiger partial charge >= 0.3 is 0 Å². The first-order chi connectivity index (χ1) is 22.6. The van der Waals surface area contributed by atoms with E-state index in [2.05, 4.69) is 27.7 Å². The zero-order valence-corrected chi connectivity index (χ0v) is 30.9. The lowest BCUT2D eigenvalue weighted by Gasteiger charge is -2.46. The Balaban J connectivity index is 0.910. The Morgan fingerprint density at radius 1 is 0.553 bits per heavy atom.